The Balaban J connectivity index is 2.58. The van der Waals surface area contributed by atoms with Gasteiger partial charge in [-0.1, -0.05) is 37.3 Å². The van der Waals surface area contributed by atoms with Gasteiger partial charge in [-0.2, -0.15) is 0 Å². The molecular weight excluding hydrogens is 186 g/mol. The Bertz CT molecular complexity index is 276. The Hall–Kier alpha value is -0.860. The van der Waals surface area contributed by atoms with Gasteiger partial charge >= 0.3 is 0 Å². The fourth-order valence-corrected chi connectivity index (χ4v) is 1.56. The molecule has 0 aromatic heterocycles. The molecule has 2 N–H and O–H groups in total. The summed E-state index contributed by atoms with van der Waals surface area (Å²) < 4.78 is 0. The molecule has 84 valence electrons. The zero-order chi connectivity index (χ0) is 11.3. The molecule has 0 fully saturated rings. The molecule has 0 radical (unpaired) electrons. The van der Waals surface area contributed by atoms with Crippen LogP contribution in [0.1, 0.15) is 38.8 Å². The van der Waals surface area contributed by atoms with Gasteiger partial charge < -0.3 is 10.4 Å². The fraction of sp³-hybridized carbons (Fsp3) is 0.538. The van der Waals surface area contributed by atoms with Gasteiger partial charge in [-0.3, -0.25) is 0 Å². The lowest BCUT2D eigenvalue weighted by Crippen LogP contribution is -2.36. The highest BCUT2D eigenvalue weighted by Gasteiger charge is 2.15. The molecule has 0 aliphatic rings. The molecule has 0 amide bonds. The number of nitrogens with one attached hydrogen (secondary N) is 1. The number of benzene rings is 1. The van der Waals surface area contributed by atoms with Crippen molar-refractivity contribution in [3.8, 4) is 0 Å². The minimum atomic E-state index is -0.651. The van der Waals surface area contributed by atoms with Crippen LogP contribution in [0.15, 0.2) is 30.3 Å². The molecule has 0 spiro atoms. The van der Waals surface area contributed by atoms with E-state index in [0.717, 1.165) is 6.42 Å². The second-order valence-corrected chi connectivity index (χ2v) is 4.56. The fourth-order valence-electron chi connectivity index (χ4n) is 1.56. The summed E-state index contributed by atoms with van der Waals surface area (Å²) in [5, 5.41) is 13.0. The Kier molecular flexibility index (Phi) is 4.30. The molecule has 0 aliphatic carbocycles. The van der Waals surface area contributed by atoms with Crippen molar-refractivity contribution in [1.29, 1.82) is 0 Å². The SMILES string of the molecule is CC[C@H](NCC(C)(C)O)c1ccccc1. The van der Waals surface area contributed by atoms with Gasteiger partial charge in [0.1, 0.15) is 0 Å². The molecule has 0 heterocycles. The van der Waals surface area contributed by atoms with Crippen LogP contribution in [0.4, 0.5) is 0 Å². The van der Waals surface area contributed by atoms with Crippen LogP contribution in [0.25, 0.3) is 0 Å². The molecule has 0 saturated carbocycles. The average molecular weight is 207 g/mol. The predicted octanol–water partition coefficient (Wildman–Crippen LogP) is 2.50. The van der Waals surface area contributed by atoms with E-state index in [4.69, 9.17) is 0 Å². The van der Waals surface area contributed by atoms with Crippen molar-refractivity contribution in [3.63, 3.8) is 0 Å². The third kappa shape index (κ3) is 4.45. The molecule has 0 aliphatic heterocycles. The molecule has 0 saturated heterocycles. The number of hydrogen-bond donors (Lipinski definition) is 2. The van der Waals surface area contributed by atoms with Crippen LogP contribution in [-0.4, -0.2) is 17.3 Å². The van der Waals surface area contributed by atoms with Gasteiger partial charge in [-0.15, -0.1) is 0 Å². The lowest BCUT2D eigenvalue weighted by molar-refractivity contribution is 0.0762. The third-order valence-corrected chi connectivity index (χ3v) is 2.39. The molecule has 1 atom stereocenters. The van der Waals surface area contributed by atoms with E-state index in [1.54, 1.807) is 0 Å². The van der Waals surface area contributed by atoms with E-state index in [1.165, 1.54) is 5.56 Å². The van der Waals surface area contributed by atoms with Crippen LogP contribution in [0.5, 0.6) is 0 Å². The molecule has 2 heteroatoms. The lowest BCUT2D eigenvalue weighted by Gasteiger charge is -2.23. The van der Waals surface area contributed by atoms with Crippen LogP contribution in [-0.2, 0) is 0 Å². The van der Waals surface area contributed by atoms with Crippen LogP contribution < -0.4 is 5.32 Å². The van der Waals surface area contributed by atoms with Crippen molar-refractivity contribution in [2.24, 2.45) is 0 Å². The highest BCUT2D eigenvalue weighted by atomic mass is 16.3. The summed E-state index contributed by atoms with van der Waals surface area (Å²) in [6.07, 6.45) is 1.03. The summed E-state index contributed by atoms with van der Waals surface area (Å²) in [4.78, 5) is 0. The maximum atomic E-state index is 9.65. The highest BCUT2D eigenvalue weighted by molar-refractivity contribution is 5.18. The summed E-state index contributed by atoms with van der Waals surface area (Å²) in [6.45, 7) is 6.39. The van der Waals surface area contributed by atoms with Crippen molar-refractivity contribution in [2.45, 2.75) is 38.8 Å². The molecule has 1 aromatic rings. The summed E-state index contributed by atoms with van der Waals surface area (Å²) in [7, 11) is 0. The molecular formula is C13H21NO. The molecule has 0 bridgehead atoms. The Morgan fingerprint density at radius 2 is 1.87 bits per heavy atom. The molecule has 1 rings (SSSR count). The smallest absolute Gasteiger partial charge is 0.0715 e. The van der Waals surface area contributed by atoms with Gasteiger partial charge in [-0.05, 0) is 25.8 Å². The van der Waals surface area contributed by atoms with Gasteiger partial charge in [0.25, 0.3) is 0 Å². The van der Waals surface area contributed by atoms with E-state index >= 15 is 0 Å². The number of aliphatic hydroxyl groups is 1. The summed E-state index contributed by atoms with van der Waals surface area (Å²) in [6, 6.07) is 10.7. The second-order valence-electron chi connectivity index (χ2n) is 4.56. The molecule has 2 nitrogen and oxygen atoms in total. The first-order valence-corrected chi connectivity index (χ1v) is 5.53. The van der Waals surface area contributed by atoms with Gasteiger partial charge in [0.15, 0.2) is 0 Å². The average Bonchev–Trinajstić information content (AvgIpc) is 2.19. The monoisotopic (exact) mass is 207 g/mol. The van der Waals surface area contributed by atoms with Crippen LogP contribution in [0.3, 0.4) is 0 Å². The van der Waals surface area contributed by atoms with Crippen LogP contribution in [0, 0.1) is 0 Å². The standard InChI is InChI=1S/C13H21NO/c1-4-12(14-10-13(2,3)15)11-8-6-5-7-9-11/h5-9,12,14-15H,4,10H2,1-3H3/t12-/m0/s1. The summed E-state index contributed by atoms with van der Waals surface area (Å²) in [5.74, 6) is 0. The van der Waals surface area contributed by atoms with E-state index < -0.39 is 5.60 Å². The Labute approximate surface area is 92.3 Å². The molecule has 0 unspecified atom stereocenters. The van der Waals surface area contributed by atoms with Crippen molar-refractivity contribution < 1.29 is 5.11 Å². The van der Waals surface area contributed by atoms with Gasteiger partial charge in [0.05, 0.1) is 5.60 Å². The van der Waals surface area contributed by atoms with E-state index in [-0.39, 0.29) is 0 Å². The maximum Gasteiger partial charge on any atom is 0.0715 e. The van der Waals surface area contributed by atoms with E-state index in [0.29, 0.717) is 12.6 Å². The first-order valence-electron chi connectivity index (χ1n) is 5.53. The van der Waals surface area contributed by atoms with Crippen molar-refractivity contribution in [2.75, 3.05) is 6.54 Å². The van der Waals surface area contributed by atoms with Crippen molar-refractivity contribution in [3.05, 3.63) is 35.9 Å². The highest BCUT2D eigenvalue weighted by Crippen LogP contribution is 2.16. The number of rotatable bonds is 5. The maximum absolute atomic E-state index is 9.65. The van der Waals surface area contributed by atoms with Gasteiger partial charge in [0, 0.05) is 12.6 Å². The van der Waals surface area contributed by atoms with Crippen LogP contribution in [0.2, 0.25) is 0 Å². The normalized spacial score (nSPS) is 13.9. The largest absolute Gasteiger partial charge is 0.389 e. The second kappa shape index (κ2) is 5.29. The van der Waals surface area contributed by atoms with Crippen LogP contribution >= 0.6 is 0 Å². The number of hydrogen-bond acceptors (Lipinski definition) is 2. The van der Waals surface area contributed by atoms with E-state index in [2.05, 4.69) is 24.4 Å². The lowest BCUT2D eigenvalue weighted by atomic mass is 10.0. The Morgan fingerprint density at radius 3 is 2.33 bits per heavy atom. The molecule has 1 aromatic carbocycles. The molecule has 15 heavy (non-hydrogen) atoms. The zero-order valence-corrected chi connectivity index (χ0v) is 9.83. The Morgan fingerprint density at radius 1 is 1.27 bits per heavy atom. The van der Waals surface area contributed by atoms with E-state index in [1.807, 2.05) is 32.0 Å². The van der Waals surface area contributed by atoms with Crippen molar-refractivity contribution in [1.82, 2.24) is 5.32 Å². The van der Waals surface area contributed by atoms with Crippen molar-refractivity contribution >= 4 is 0 Å². The quantitative estimate of drug-likeness (QED) is 0.777. The first-order chi connectivity index (χ1) is 7.03. The van der Waals surface area contributed by atoms with E-state index in [9.17, 15) is 5.11 Å². The minimum absolute atomic E-state index is 0.331. The zero-order valence-electron chi connectivity index (χ0n) is 9.83. The van der Waals surface area contributed by atoms with Gasteiger partial charge in [-0.25, -0.2) is 0 Å². The summed E-state index contributed by atoms with van der Waals surface area (Å²) >= 11 is 0. The minimum Gasteiger partial charge on any atom is -0.389 e. The van der Waals surface area contributed by atoms with Gasteiger partial charge in [0.2, 0.25) is 0 Å². The first kappa shape index (κ1) is 12.2. The third-order valence-electron chi connectivity index (χ3n) is 2.39. The predicted molar refractivity (Wildman–Crippen MR) is 63.8 cm³/mol. The summed E-state index contributed by atoms with van der Waals surface area (Å²) in [5.41, 5.74) is 0.631. The topological polar surface area (TPSA) is 32.3 Å².